The average Bonchev–Trinajstić information content (AvgIpc) is 2.93. The molecule has 0 unspecified atom stereocenters. The summed E-state index contributed by atoms with van der Waals surface area (Å²) in [6, 6.07) is 38.7. The Bertz CT molecular complexity index is 2310. The number of fused-ring (bicyclic) bond motifs is 7. The van der Waals surface area contributed by atoms with Crippen LogP contribution in [0.1, 0.15) is 26.3 Å². The van der Waals surface area contributed by atoms with Crippen molar-refractivity contribution >= 4 is 64.6 Å². The molecule has 178 valence electrons. The van der Waals surface area contributed by atoms with Crippen molar-refractivity contribution < 1.29 is 0 Å². The molecule has 0 fully saturated rings. The highest BCUT2D eigenvalue weighted by molar-refractivity contribution is 6.47. The highest BCUT2D eigenvalue weighted by atomic mass is 14.4. The lowest BCUT2D eigenvalue weighted by Gasteiger charge is -2.36. The minimum Gasteiger partial charge on any atom is -0.0616 e. The first-order valence-corrected chi connectivity index (χ1v) is 13.6. The van der Waals surface area contributed by atoms with Crippen molar-refractivity contribution in [3.8, 4) is 22.3 Å². The normalized spacial score (nSPS) is 13.1. The largest absolute Gasteiger partial charge is 0.0616 e. The Balaban J connectivity index is 1.63. The summed E-state index contributed by atoms with van der Waals surface area (Å²) in [5, 5.41) is 16.5. The summed E-state index contributed by atoms with van der Waals surface area (Å²) in [7, 11) is 0. The third-order valence-electron chi connectivity index (χ3n) is 9.02. The second-order valence-electron chi connectivity index (χ2n) is 12.1. The molecule has 0 aromatic heterocycles. The van der Waals surface area contributed by atoms with Crippen molar-refractivity contribution in [2.24, 2.45) is 0 Å². The van der Waals surface area contributed by atoms with Crippen LogP contribution in [0.5, 0.6) is 0 Å². The van der Waals surface area contributed by atoms with Gasteiger partial charge in [0.15, 0.2) is 0 Å². The number of rotatable bonds is 0. The Morgan fingerprint density at radius 1 is 0.395 bits per heavy atom. The highest BCUT2D eigenvalue weighted by Crippen LogP contribution is 2.60. The predicted octanol–water partition coefficient (Wildman–Crippen LogP) is 11.0. The van der Waals surface area contributed by atoms with Crippen LogP contribution in [-0.4, -0.2) is 0 Å². The first-order chi connectivity index (χ1) is 18.5. The van der Waals surface area contributed by atoms with E-state index in [0.29, 0.717) is 0 Å². The molecule has 0 atom stereocenters. The van der Waals surface area contributed by atoms with Crippen molar-refractivity contribution in [1.82, 2.24) is 0 Å². The maximum absolute atomic E-state index is 2.54. The monoisotopic (exact) mass is 482 g/mol. The smallest absolute Gasteiger partial charge is 0.000441 e. The van der Waals surface area contributed by atoms with Crippen molar-refractivity contribution in [2.45, 2.75) is 26.2 Å². The summed E-state index contributed by atoms with van der Waals surface area (Å²) in [5.74, 6) is 0. The van der Waals surface area contributed by atoms with Crippen molar-refractivity contribution in [3.63, 3.8) is 0 Å². The van der Waals surface area contributed by atoms with Crippen LogP contribution in [0.25, 0.3) is 86.9 Å². The van der Waals surface area contributed by atoms with Gasteiger partial charge in [-0.25, -0.2) is 0 Å². The molecule has 0 nitrogen and oxygen atoms in total. The van der Waals surface area contributed by atoms with Crippen LogP contribution in [0.4, 0.5) is 0 Å². The van der Waals surface area contributed by atoms with Crippen LogP contribution in [-0.2, 0) is 5.41 Å². The van der Waals surface area contributed by atoms with E-state index in [1.165, 1.54) is 92.5 Å². The summed E-state index contributed by atoms with van der Waals surface area (Å²) in [5.41, 5.74) is 7.24. The summed E-state index contributed by atoms with van der Waals surface area (Å²) < 4.78 is 0. The molecule has 0 saturated carbocycles. The molecule has 38 heavy (non-hydrogen) atoms. The van der Waals surface area contributed by atoms with Crippen molar-refractivity contribution in [2.75, 3.05) is 0 Å². The molecular weight excluding hydrogens is 456 g/mol. The van der Waals surface area contributed by atoms with Gasteiger partial charge in [-0.15, -0.1) is 0 Å². The van der Waals surface area contributed by atoms with Gasteiger partial charge in [0.25, 0.3) is 0 Å². The Hall–Kier alpha value is -4.42. The van der Waals surface area contributed by atoms with E-state index in [1.54, 1.807) is 0 Å². The molecule has 2 bridgehead atoms. The zero-order valence-electron chi connectivity index (χ0n) is 21.8. The Labute approximate surface area is 221 Å². The average molecular weight is 483 g/mol. The molecule has 9 aromatic carbocycles. The number of hydrogen-bond donors (Lipinski definition) is 0. The van der Waals surface area contributed by atoms with Gasteiger partial charge in [0.1, 0.15) is 0 Å². The second-order valence-corrected chi connectivity index (χ2v) is 12.1. The van der Waals surface area contributed by atoms with Crippen molar-refractivity contribution in [1.29, 1.82) is 0 Å². The number of benzene rings is 9. The van der Waals surface area contributed by atoms with Crippen LogP contribution >= 0.6 is 0 Å². The zero-order chi connectivity index (χ0) is 25.3. The standard InChI is InChI=1S/C38H26/c1-38(2,3)30-20-29-31-25-14-8-9-15-26(25)35(32-23-12-6-4-10-21(23)16-18-27(31)32)36(29)37-33-24-13-7-5-11-22(24)17-19-28(33)34(30)37/h4-20H,1-3H3. The van der Waals surface area contributed by atoms with Gasteiger partial charge in [-0.2, -0.15) is 0 Å². The lowest BCUT2D eigenvalue weighted by molar-refractivity contribution is 0.592. The molecule has 0 spiro atoms. The van der Waals surface area contributed by atoms with Crippen LogP contribution in [0.2, 0.25) is 0 Å². The van der Waals surface area contributed by atoms with Gasteiger partial charge in [-0.05, 0) is 104 Å². The van der Waals surface area contributed by atoms with Gasteiger partial charge in [0.05, 0.1) is 0 Å². The molecule has 0 N–H and O–H groups in total. The fourth-order valence-electron chi connectivity index (χ4n) is 7.45. The lowest BCUT2D eigenvalue weighted by Crippen LogP contribution is -2.17. The quantitative estimate of drug-likeness (QED) is 0.149. The molecular formula is C38H26. The first kappa shape index (κ1) is 20.6. The molecule has 9 aromatic rings. The molecule has 10 rings (SSSR count). The summed E-state index contributed by atoms with van der Waals surface area (Å²) in [4.78, 5) is 0. The van der Waals surface area contributed by atoms with E-state index in [9.17, 15) is 0 Å². The molecule has 0 saturated heterocycles. The van der Waals surface area contributed by atoms with Crippen LogP contribution in [0.3, 0.4) is 0 Å². The van der Waals surface area contributed by atoms with Crippen molar-refractivity contribution in [3.05, 3.63) is 109 Å². The van der Waals surface area contributed by atoms with E-state index in [-0.39, 0.29) is 5.41 Å². The van der Waals surface area contributed by atoms with Gasteiger partial charge < -0.3 is 0 Å². The molecule has 0 radical (unpaired) electrons. The van der Waals surface area contributed by atoms with E-state index < -0.39 is 0 Å². The van der Waals surface area contributed by atoms with E-state index in [0.717, 1.165) is 0 Å². The van der Waals surface area contributed by atoms with E-state index in [1.807, 2.05) is 0 Å². The summed E-state index contributed by atoms with van der Waals surface area (Å²) >= 11 is 0. The van der Waals surface area contributed by atoms with E-state index >= 15 is 0 Å². The molecule has 0 heteroatoms. The Morgan fingerprint density at radius 3 is 1.74 bits per heavy atom. The molecule has 0 amide bonds. The van der Waals surface area contributed by atoms with Gasteiger partial charge in [-0.3, -0.25) is 0 Å². The summed E-state index contributed by atoms with van der Waals surface area (Å²) in [6.45, 7) is 7.09. The second kappa shape index (κ2) is 6.71. The van der Waals surface area contributed by atoms with Crippen LogP contribution in [0.15, 0.2) is 103 Å². The summed E-state index contributed by atoms with van der Waals surface area (Å²) in [6.07, 6.45) is 0. The topological polar surface area (TPSA) is 0 Å². The van der Waals surface area contributed by atoms with Crippen LogP contribution < -0.4 is 0 Å². The molecule has 1 aliphatic carbocycles. The Morgan fingerprint density at radius 2 is 1.00 bits per heavy atom. The molecule has 0 aliphatic heterocycles. The lowest BCUT2D eigenvalue weighted by atomic mass is 9.67. The third-order valence-corrected chi connectivity index (χ3v) is 9.02. The van der Waals surface area contributed by atoms with Gasteiger partial charge in [0.2, 0.25) is 0 Å². The SMILES string of the molecule is CC(C)(C)c1cc2c(c3c1-c1ccc4ccccc4c1-3)c1c3ccccc3c2c2ccc3ccccc3c21. The fourth-order valence-corrected chi connectivity index (χ4v) is 7.45. The predicted molar refractivity (Wildman–Crippen MR) is 166 cm³/mol. The fraction of sp³-hybridized carbons (Fsp3) is 0.105. The number of hydrogen-bond acceptors (Lipinski definition) is 0. The zero-order valence-corrected chi connectivity index (χ0v) is 21.8. The Kier molecular flexibility index (Phi) is 3.64. The maximum atomic E-state index is 2.54. The van der Waals surface area contributed by atoms with E-state index in [4.69, 9.17) is 0 Å². The third kappa shape index (κ3) is 2.33. The van der Waals surface area contributed by atoms with Crippen LogP contribution in [0, 0.1) is 0 Å². The van der Waals surface area contributed by atoms with Gasteiger partial charge in [-0.1, -0.05) is 118 Å². The minimum absolute atomic E-state index is 0.0378. The molecule has 0 heterocycles. The minimum atomic E-state index is 0.0378. The van der Waals surface area contributed by atoms with Gasteiger partial charge in [0, 0.05) is 0 Å². The first-order valence-electron chi connectivity index (χ1n) is 13.6. The maximum Gasteiger partial charge on any atom is -0.000441 e. The highest BCUT2D eigenvalue weighted by Gasteiger charge is 2.35. The molecule has 1 aliphatic rings. The van der Waals surface area contributed by atoms with E-state index in [2.05, 4.69) is 124 Å². The van der Waals surface area contributed by atoms with Gasteiger partial charge >= 0.3 is 0 Å².